The zero-order valence-corrected chi connectivity index (χ0v) is 20.6. The summed E-state index contributed by atoms with van der Waals surface area (Å²) in [7, 11) is -4.19. The van der Waals surface area contributed by atoms with Crippen LogP contribution in [0.15, 0.2) is 58.3 Å². The van der Waals surface area contributed by atoms with Crippen molar-refractivity contribution in [2.75, 3.05) is 10.8 Å². The number of alkyl halides is 3. The topological polar surface area (TPSA) is 96.8 Å². The Hall–Kier alpha value is -3.12. The lowest BCUT2D eigenvalue weighted by Crippen LogP contribution is -2.35. The summed E-state index contributed by atoms with van der Waals surface area (Å²) in [5, 5.41) is 10.6. The highest BCUT2D eigenvalue weighted by Gasteiger charge is 2.44. The molecule has 0 aliphatic heterocycles. The zero-order chi connectivity index (χ0) is 26.0. The molecule has 0 radical (unpaired) electrons. The van der Waals surface area contributed by atoms with E-state index in [1.165, 1.54) is 24.3 Å². The number of benzene rings is 2. The van der Waals surface area contributed by atoms with Gasteiger partial charge < -0.3 is 9.84 Å². The van der Waals surface area contributed by atoms with Crippen LogP contribution >= 0.6 is 11.3 Å². The Kier molecular flexibility index (Phi) is 7.75. The fraction of sp³-hybridized carbons (Fsp3) is 0.304. The number of hydrogen-bond donors (Lipinski definition) is 1. The normalized spacial score (nSPS) is 13.0. The summed E-state index contributed by atoms with van der Waals surface area (Å²) in [5.41, 5.74) is -0.0656. The summed E-state index contributed by atoms with van der Waals surface area (Å²) < 4.78 is 75.1. The molecule has 12 heteroatoms. The molecule has 2 aromatic carbocycles. The quantitative estimate of drug-likeness (QED) is 0.384. The number of anilines is 1. The second kappa shape index (κ2) is 10.2. The maximum absolute atomic E-state index is 14.0. The van der Waals surface area contributed by atoms with Crippen LogP contribution in [0.25, 0.3) is 0 Å². The van der Waals surface area contributed by atoms with E-state index in [0.717, 1.165) is 39.9 Å². The zero-order valence-electron chi connectivity index (χ0n) is 19.0. The van der Waals surface area contributed by atoms with Gasteiger partial charge in [0.25, 0.3) is 10.0 Å². The monoisotopic (exact) mass is 528 g/mol. The van der Waals surface area contributed by atoms with Gasteiger partial charge in [-0.25, -0.2) is 9.78 Å². The Morgan fingerprint density at radius 3 is 2.29 bits per heavy atom. The van der Waals surface area contributed by atoms with E-state index in [2.05, 4.69) is 4.98 Å². The molecule has 35 heavy (non-hydrogen) atoms. The maximum atomic E-state index is 14.0. The fourth-order valence-electron chi connectivity index (χ4n) is 3.22. The molecule has 0 bridgehead atoms. The molecule has 188 valence electrons. The first-order valence-corrected chi connectivity index (χ1v) is 12.7. The highest BCUT2D eigenvalue weighted by atomic mass is 32.2. The van der Waals surface area contributed by atoms with Crippen LogP contribution in [0.1, 0.15) is 41.6 Å². The number of para-hydroxylation sites is 2. The van der Waals surface area contributed by atoms with Gasteiger partial charge in [0.1, 0.15) is 5.75 Å². The number of ether oxygens (including phenoxy) is 1. The summed E-state index contributed by atoms with van der Waals surface area (Å²) in [6.45, 7) is 5.18. The fourth-order valence-corrected chi connectivity index (χ4v) is 5.99. The Labute approximate surface area is 204 Å². The minimum absolute atomic E-state index is 0.0225. The van der Waals surface area contributed by atoms with Crippen LogP contribution in [-0.4, -0.2) is 37.2 Å². The summed E-state index contributed by atoms with van der Waals surface area (Å²) in [6.07, 6.45) is -7.33. The van der Waals surface area contributed by atoms with Crippen LogP contribution in [0.4, 0.5) is 18.9 Å². The van der Waals surface area contributed by atoms with Crippen LogP contribution in [0, 0.1) is 12.8 Å². The molecule has 0 saturated heterocycles. The first-order valence-electron chi connectivity index (χ1n) is 10.4. The highest BCUT2D eigenvalue weighted by Crippen LogP contribution is 2.41. The Morgan fingerprint density at radius 2 is 1.77 bits per heavy atom. The number of carboxylic acid groups (broad SMARTS) is 1. The van der Waals surface area contributed by atoms with Crippen LogP contribution in [-0.2, 0) is 10.0 Å². The molecule has 0 aliphatic rings. The first-order chi connectivity index (χ1) is 16.3. The molecule has 7 nitrogen and oxygen atoms in total. The molecule has 1 heterocycles. The number of thiazole rings is 1. The molecule has 0 amide bonds. The average Bonchev–Trinajstić information content (AvgIpc) is 3.22. The largest absolute Gasteiger partial charge is 0.478 e. The van der Waals surface area contributed by atoms with Gasteiger partial charge in [0.05, 0.1) is 11.3 Å². The Balaban J connectivity index is 2.08. The van der Waals surface area contributed by atoms with Crippen molar-refractivity contribution in [3.63, 3.8) is 0 Å². The third kappa shape index (κ3) is 6.12. The molecule has 0 spiro atoms. The lowest BCUT2D eigenvalue weighted by molar-refractivity contribution is -0.197. The van der Waals surface area contributed by atoms with Gasteiger partial charge in [-0.05, 0) is 37.1 Å². The predicted molar refractivity (Wildman–Crippen MR) is 125 cm³/mol. The van der Waals surface area contributed by atoms with Crippen LogP contribution in [0.3, 0.4) is 0 Å². The average molecular weight is 529 g/mol. The van der Waals surface area contributed by atoms with Crippen molar-refractivity contribution in [1.29, 1.82) is 0 Å². The van der Waals surface area contributed by atoms with E-state index in [-0.39, 0.29) is 39.4 Å². The van der Waals surface area contributed by atoms with Gasteiger partial charge >= 0.3 is 12.1 Å². The second-order valence-electron chi connectivity index (χ2n) is 8.12. The molecule has 0 aliphatic carbocycles. The summed E-state index contributed by atoms with van der Waals surface area (Å²) in [4.78, 5) is 15.1. The van der Waals surface area contributed by atoms with Gasteiger partial charge in [-0.3, -0.25) is 4.31 Å². The molecule has 0 fully saturated rings. The number of rotatable bonds is 9. The van der Waals surface area contributed by atoms with Crippen LogP contribution in [0.5, 0.6) is 5.75 Å². The predicted octanol–water partition coefficient (Wildman–Crippen LogP) is 5.68. The molecular weight excluding hydrogens is 505 g/mol. The second-order valence-corrected chi connectivity index (χ2v) is 11.0. The van der Waals surface area contributed by atoms with Gasteiger partial charge in [0.15, 0.2) is 0 Å². The molecule has 3 rings (SSSR count). The number of aryl methyl sites for hydroxylation is 1. The van der Waals surface area contributed by atoms with Gasteiger partial charge in [0, 0.05) is 23.2 Å². The van der Waals surface area contributed by atoms with Crippen molar-refractivity contribution in [3.8, 4) is 5.75 Å². The minimum Gasteiger partial charge on any atom is -0.478 e. The van der Waals surface area contributed by atoms with E-state index in [9.17, 15) is 26.4 Å². The lowest BCUT2D eigenvalue weighted by atomic mass is 10.1. The smallest absolute Gasteiger partial charge is 0.429 e. The number of hydrogen-bond acceptors (Lipinski definition) is 6. The summed E-state index contributed by atoms with van der Waals surface area (Å²) in [5.74, 6) is -1.74. The van der Waals surface area contributed by atoms with E-state index in [0.29, 0.717) is 5.69 Å². The van der Waals surface area contributed by atoms with Gasteiger partial charge in [-0.15, -0.1) is 11.3 Å². The number of aromatic nitrogens is 1. The van der Waals surface area contributed by atoms with Crippen molar-refractivity contribution in [3.05, 3.63) is 70.7 Å². The Bertz CT molecular complexity index is 1290. The van der Waals surface area contributed by atoms with Gasteiger partial charge in [0.2, 0.25) is 10.4 Å². The summed E-state index contributed by atoms with van der Waals surface area (Å²) in [6, 6.07) is 9.70. The van der Waals surface area contributed by atoms with E-state index in [1.807, 2.05) is 0 Å². The molecule has 1 unspecified atom stereocenters. The van der Waals surface area contributed by atoms with E-state index in [4.69, 9.17) is 9.84 Å². The minimum atomic E-state index is -4.87. The van der Waals surface area contributed by atoms with Gasteiger partial charge in [-0.1, -0.05) is 38.1 Å². The molecular formula is C23H23F3N2O5S2. The number of sulfonamides is 1. The SMILES string of the molecule is Cc1csc(S(=O)(=O)N(CC(C)C)c2ccccc2OC(c2ccc(C(=O)O)cc2)C(F)(F)F)n1. The maximum Gasteiger partial charge on any atom is 0.429 e. The number of halogens is 3. The lowest BCUT2D eigenvalue weighted by Gasteiger charge is -2.29. The van der Waals surface area contributed by atoms with Crippen molar-refractivity contribution in [2.45, 2.75) is 37.4 Å². The standard InChI is InChI=1S/C23H23F3N2O5S2/c1-14(2)12-28(35(31,32)22-27-15(3)13-34-22)18-6-4-5-7-19(18)33-20(23(24,25)26)16-8-10-17(11-9-16)21(29)30/h4-11,13-14,20H,12H2,1-3H3,(H,29,30). The number of carboxylic acids is 1. The molecule has 1 atom stereocenters. The van der Waals surface area contributed by atoms with E-state index in [1.54, 1.807) is 26.2 Å². The number of carbonyl (C=O) groups is 1. The first kappa shape index (κ1) is 26.5. The Morgan fingerprint density at radius 1 is 1.14 bits per heavy atom. The molecule has 1 N–H and O–H groups in total. The van der Waals surface area contributed by atoms with E-state index < -0.39 is 28.3 Å². The third-order valence-corrected chi connectivity index (χ3v) is 7.91. The highest BCUT2D eigenvalue weighted by molar-refractivity contribution is 7.94. The number of aromatic carboxylic acids is 1. The van der Waals surface area contributed by atoms with Crippen molar-refractivity contribution in [2.24, 2.45) is 5.92 Å². The number of nitrogens with zero attached hydrogens (tertiary/aromatic N) is 2. The summed E-state index contributed by atoms with van der Waals surface area (Å²) >= 11 is 0.922. The van der Waals surface area contributed by atoms with Crippen molar-refractivity contribution < 1.29 is 36.2 Å². The van der Waals surface area contributed by atoms with Crippen LogP contribution in [0.2, 0.25) is 0 Å². The molecule has 1 aromatic heterocycles. The van der Waals surface area contributed by atoms with Crippen LogP contribution < -0.4 is 9.04 Å². The van der Waals surface area contributed by atoms with Crippen molar-refractivity contribution in [1.82, 2.24) is 4.98 Å². The van der Waals surface area contributed by atoms with E-state index >= 15 is 0 Å². The molecule has 3 aromatic rings. The third-order valence-electron chi connectivity index (χ3n) is 4.78. The van der Waals surface area contributed by atoms with Crippen molar-refractivity contribution >= 4 is 33.0 Å². The van der Waals surface area contributed by atoms with Gasteiger partial charge in [-0.2, -0.15) is 21.6 Å². The molecule has 0 saturated carbocycles.